The van der Waals surface area contributed by atoms with Gasteiger partial charge in [0.05, 0.1) is 6.20 Å². The highest BCUT2D eigenvalue weighted by Gasteiger charge is 2.31. The van der Waals surface area contributed by atoms with Crippen LogP contribution in [-0.4, -0.2) is 21.5 Å². The minimum absolute atomic E-state index is 0.487. The monoisotopic (exact) mass is 217 g/mol. The van der Waals surface area contributed by atoms with Gasteiger partial charge in [-0.2, -0.15) is 5.10 Å². The van der Waals surface area contributed by atoms with E-state index in [1.807, 2.05) is 0 Å². The quantitative estimate of drug-likeness (QED) is 0.796. The molecule has 0 radical (unpaired) electrons. The molecule has 0 saturated heterocycles. The number of nitrogens with zero attached hydrogens (tertiary/aromatic N) is 2. The van der Waals surface area contributed by atoms with Gasteiger partial charge in [0.15, 0.2) is 0 Å². The summed E-state index contributed by atoms with van der Waals surface area (Å²) in [6.45, 7) is 1.70. The van der Waals surface area contributed by atoms with E-state index in [-0.39, 0.29) is 0 Å². The molecular formula is C8H6F3N3O. The number of H-pyrrole nitrogens is 1. The van der Waals surface area contributed by atoms with Gasteiger partial charge in [-0.3, -0.25) is 5.10 Å². The first-order chi connectivity index (χ1) is 6.96. The van der Waals surface area contributed by atoms with E-state index in [0.717, 1.165) is 0 Å². The normalized spacial score (nSPS) is 12.0. The van der Waals surface area contributed by atoms with Gasteiger partial charge in [0.25, 0.3) is 0 Å². The predicted octanol–water partition coefficient (Wildman–Crippen LogP) is 2.16. The van der Waals surface area contributed by atoms with Crippen LogP contribution in [0.5, 0.6) is 5.88 Å². The van der Waals surface area contributed by atoms with E-state index in [1.54, 1.807) is 6.92 Å². The van der Waals surface area contributed by atoms with E-state index in [0.29, 0.717) is 16.6 Å². The lowest BCUT2D eigenvalue weighted by molar-refractivity contribution is -0.276. The molecule has 4 nitrogen and oxygen atoms in total. The van der Waals surface area contributed by atoms with Crippen LogP contribution in [0.2, 0.25) is 0 Å². The molecule has 15 heavy (non-hydrogen) atoms. The van der Waals surface area contributed by atoms with Crippen molar-refractivity contribution < 1.29 is 17.9 Å². The molecule has 0 atom stereocenters. The molecule has 0 amide bonds. The lowest BCUT2D eigenvalue weighted by atomic mass is 10.2. The van der Waals surface area contributed by atoms with Crippen LogP contribution in [0.1, 0.15) is 5.69 Å². The zero-order valence-electron chi connectivity index (χ0n) is 7.59. The zero-order valence-corrected chi connectivity index (χ0v) is 7.59. The maximum absolute atomic E-state index is 11.9. The Morgan fingerprint density at radius 2 is 2.13 bits per heavy atom. The van der Waals surface area contributed by atoms with Crippen LogP contribution in [0.4, 0.5) is 13.2 Å². The van der Waals surface area contributed by atoms with E-state index < -0.39 is 12.2 Å². The Morgan fingerprint density at radius 1 is 1.40 bits per heavy atom. The molecular weight excluding hydrogens is 211 g/mol. The van der Waals surface area contributed by atoms with Gasteiger partial charge in [-0.1, -0.05) is 0 Å². The Bertz CT molecular complexity index is 491. The Kier molecular flexibility index (Phi) is 2.02. The Morgan fingerprint density at radius 3 is 2.80 bits per heavy atom. The standard InChI is InChI=1S/C8H6F3N3O/c1-4-5-2-7(15-8(9,10)11)12-3-6(5)14-13-4/h2-3H,1H3,(H,13,14). The molecule has 0 saturated carbocycles. The van der Waals surface area contributed by atoms with Crippen LogP contribution < -0.4 is 4.74 Å². The molecule has 7 heteroatoms. The molecule has 0 aliphatic heterocycles. The summed E-state index contributed by atoms with van der Waals surface area (Å²) in [5, 5.41) is 7.03. The number of fused-ring (bicyclic) bond motifs is 1. The minimum Gasteiger partial charge on any atom is -0.388 e. The summed E-state index contributed by atoms with van der Waals surface area (Å²) in [5.41, 5.74) is 1.17. The number of nitrogens with one attached hydrogen (secondary N) is 1. The number of halogens is 3. The predicted molar refractivity (Wildman–Crippen MR) is 45.3 cm³/mol. The highest BCUT2D eigenvalue weighted by atomic mass is 19.4. The van der Waals surface area contributed by atoms with E-state index in [4.69, 9.17) is 0 Å². The van der Waals surface area contributed by atoms with E-state index in [9.17, 15) is 13.2 Å². The number of alkyl halides is 3. The second-order valence-electron chi connectivity index (χ2n) is 2.94. The maximum Gasteiger partial charge on any atom is 0.574 e. The van der Waals surface area contributed by atoms with Crippen LogP contribution in [0, 0.1) is 6.92 Å². The summed E-state index contributed by atoms with van der Waals surface area (Å²) in [7, 11) is 0. The molecule has 2 aromatic heterocycles. The summed E-state index contributed by atoms with van der Waals surface area (Å²) in [6, 6.07) is 1.20. The first-order valence-corrected chi connectivity index (χ1v) is 4.02. The number of aromatic nitrogens is 3. The average molecular weight is 217 g/mol. The number of hydrogen-bond acceptors (Lipinski definition) is 3. The molecule has 0 unspecified atom stereocenters. The third kappa shape index (κ3) is 2.00. The molecule has 2 aromatic rings. The van der Waals surface area contributed by atoms with Gasteiger partial charge in [0.1, 0.15) is 5.52 Å². The van der Waals surface area contributed by atoms with Crippen molar-refractivity contribution in [1.29, 1.82) is 0 Å². The number of aromatic amines is 1. The van der Waals surface area contributed by atoms with Crippen molar-refractivity contribution >= 4 is 10.9 Å². The molecule has 0 fully saturated rings. The zero-order chi connectivity index (χ0) is 11.1. The summed E-state index contributed by atoms with van der Waals surface area (Å²) >= 11 is 0. The highest BCUT2D eigenvalue weighted by molar-refractivity contribution is 5.81. The van der Waals surface area contributed by atoms with Crippen molar-refractivity contribution in [2.45, 2.75) is 13.3 Å². The molecule has 0 aliphatic carbocycles. The van der Waals surface area contributed by atoms with Gasteiger partial charge in [0, 0.05) is 17.1 Å². The number of pyridine rings is 1. The largest absolute Gasteiger partial charge is 0.574 e. The number of aryl methyl sites for hydroxylation is 1. The van der Waals surface area contributed by atoms with Crippen LogP contribution in [-0.2, 0) is 0 Å². The summed E-state index contributed by atoms with van der Waals surface area (Å²) in [6.07, 6.45) is -3.50. The molecule has 0 aliphatic rings. The second-order valence-corrected chi connectivity index (χ2v) is 2.94. The van der Waals surface area contributed by atoms with Crippen molar-refractivity contribution in [1.82, 2.24) is 15.2 Å². The van der Waals surface area contributed by atoms with Gasteiger partial charge in [0.2, 0.25) is 5.88 Å². The Labute approximate surface area is 82.1 Å². The molecule has 0 spiro atoms. The molecule has 80 valence electrons. The van der Waals surface area contributed by atoms with Crippen LogP contribution >= 0.6 is 0 Å². The van der Waals surface area contributed by atoms with E-state index in [1.165, 1.54) is 12.3 Å². The van der Waals surface area contributed by atoms with Crippen molar-refractivity contribution in [3.05, 3.63) is 18.0 Å². The van der Waals surface area contributed by atoms with E-state index in [2.05, 4.69) is 19.9 Å². The lowest BCUT2D eigenvalue weighted by Gasteiger charge is -2.06. The third-order valence-electron chi connectivity index (χ3n) is 1.83. The topological polar surface area (TPSA) is 50.8 Å². The van der Waals surface area contributed by atoms with E-state index >= 15 is 0 Å². The fourth-order valence-corrected chi connectivity index (χ4v) is 1.20. The van der Waals surface area contributed by atoms with Crippen molar-refractivity contribution in [2.75, 3.05) is 0 Å². The fraction of sp³-hybridized carbons (Fsp3) is 0.250. The first-order valence-electron chi connectivity index (χ1n) is 4.02. The molecule has 2 rings (SSSR count). The molecule has 0 aromatic carbocycles. The molecule has 1 N–H and O–H groups in total. The fourth-order valence-electron chi connectivity index (χ4n) is 1.20. The van der Waals surface area contributed by atoms with Gasteiger partial charge < -0.3 is 4.74 Å². The maximum atomic E-state index is 11.9. The van der Waals surface area contributed by atoms with Crippen molar-refractivity contribution in [3.63, 3.8) is 0 Å². The third-order valence-corrected chi connectivity index (χ3v) is 1.83. The number of rotatable bonds is 1. The van der Waals surface area contributed by atoms with Crippen LogP contribution in [0.15, 0.2) is 12.3 Å². The summed E-state index contributed by atoms with van der Waals surface area (Å²) in [5.74, 6) is -0.487. The van der Waals surface area contributed by atoms with Crippen molar-refractivity contribution in [2.24, 2.45) is 0 Å². The van der Waals surface area contributed by atoms with Gasteiger partial charge in [-0.05, 0) is 6.92 Å². The summed E-state index contributed by atoms with van der Waals surface area (Å²) < 4.78 is 39.3. The van der Waals surface area contributed by atoms with Crippen LogP contribution in [0.3, 0.4) is 0 Å². The van der Waals surface area contributed by atoms with Gasteiger partial charge in [-0.25, -0.2) is 4.98 Å². The van der Waals surface area contributed by atoms with Crippen molar-refractivity contribution in [3.8, 4) is 5.88 Å². The van der Waals surface area contributed by atoms with Gasteiger partial charge >= 0.3 is 6.36 Å². The molecule has 0 bridgehead atoms. The number of ether oxygens (including phenoxy) is 1. The SMILES string of the molecule is Cc1[nH]nc2cnc(OC(F)(F)F)cc12. The Hall–Kier alpha value is -1.79. The highest BCUT2D eigenvalue weighted by Crippen LogP contribution is 2.24. The smallest absolute Gasteiger partial charge is 0.388 e. The first kappa shape index (κ1) is 9.75. The second kappa shape index (κ2) is 3.11. The lowest BCUT2D eigenvalue weighted by Crippen LogP contribution is -2.17. The van der Waals surface area contributed by atoms with Gasteiger partial charge in [-0.15, -0.1) is 13.2 Å². The number of hydrogen-bond donors (Lipinski definition) is 1. The molecule has 2 heterocycles. The summed E-state index contributed by atoms with van der Waals surface area (Å²) in [4.78, 5) is 3.48. The minimum atomic E-state index is -4.72. The Balaban J connectivity index is 2.42. The average Bonchev–Trinajstić information content (AvgIpc) is 2.45. The van der Waals surface area contributed by atoms with Crippen LogP contribution in [0.25, 0.3) is 10.9 Å².